The molecule has 0 radical (unpaired) electrons. The highest BCUT2D eigenvalue weighted by Crippen LogP contribution is 2.61. The molecule has 274 valence electrons. The van der Waals surface area contributed by atoms with E-state index >= 15 is 0 Å². The Morgan fingerprint density at radius 3 is 1.41 bits per heavy atom. The summed E-state index contributed by atoms with van der Waals surface area (Å²) in [5.41, 5.74) is 19.4. The van der Waals surface area contributed by atoms with Crippen LogP contribution in [0.1, 0.15) is 22.3 Å². The maximum atomic E-state index is 5.32. The summed E-state index contributed by atoms with van der Waals surface area (Å²) < 4.78 is 0. The lowest BCUT2D eigenvalue weighted by molar-refractivity contribution is 0.775. The van der Waals surface area contributed by atoms with E-state index in [0.717, 1.165) is 28.1 Å². The summed E-state index contributed by atoms with van der Waals surface area (Å²) in [6.07, 6.45) is 0. The van der Waals surface area contributed by atoms with Gasteiger partial charge in [-0.15, -0.1) is 0 Å². The summed E-state index contributed by atoms with van der Waals surface area (Å²) in [7, 11) is 0. The first-order valence-corrected chi connectivity index (χ1v) is 20.3. The van der Waals surface area contributed by atoms with Gasteiger partial charge in [-0.05, 0) is 89.7 Å². The Balaban J connectivity index is 1.08. The van der Waals surface area contributed by atoms with Crippen molar-refractivity contribution in [2.24, 2.45) is 0 Å². The van der Waals surface area contributed by atoms with Crippen LogP contribution in [-0.4, -0.2) is 9.97 Å². The van der Waals surface area contributed by atoms with Crippen molar-refractivity contribution in [1.29, 1.82) is 0 Å². The third-order valence-corrected chi connectivity index (χ3v) is 12.5. The second-order valence-corrected chi connectivity index (χ2v) is 15.6. The summed E-state index contributed by atoms with van der Waals surface area (Å²) in [5, 5.41) is 2.49. The topological polar surface area (TPSA) is 25.8 Å². The standard InChI is InChI=1S/C57H36N2/c1-2-16-40(17-3-1)56-58-54(39-31-29-38(30-32-39)43-25-14-18-37-15-4-5-19-42(37)43)36-55(59-56)41-33-34-53-49(35-41)45-21-7-6-20-44(45)46-22-8-11-26-50(46)57(53)51-27-12-9-23-47(51)48-24-10-13-28-52(48)57/h1-36H. The molecule has 2 aliphatic carbocycles. The Kier molecular flexibility index (Phi) is 7.48. The van der Waals surface area contributed by atoms with Crippen LogP contribution in [0.4, 0.5) is 0 Å². The van der Waals surface area contributed by atoms with Crippen molar-refractivity contribution >= 4 is 10.8 Å². The van der Waals surface area contributed by atoms with Crippen LogP contribution in [-0.2, 0) is 5.41 Å². The zero-order valence-corrected chi connectivity index (χ0v) is 32.2. The lowest BCUT2D eigenvalue weighted by Gasteiger charge is -2.35. The predicted octanol–water partition coefficient (Wildman–Crippen LogP) is 14.3. The molecule has 10 aromatic rings. The molecule has 0 unspecified atom stereocenters. The van der Waals surface area contributed by atoms with Crippen molar-refractivity contribution in [3.05, 3.63) is 241 Å². The lowest BCUT2D eigenvalue weighted by atomic mass is 9.66. The van der Waals surface area contributed by atoms with Gasteiger partial charge in [-0.3, -0.25) is 0 Å². The summed E-state index contributed by atoms with van der Waals surface area (Å²) in [4.78, 5) is 10.5. The molecule has 1 heterocycles. The molecule has 1 spiro atoms. The van der Waals surface area contributed by atoms with Crippen LogP contribution in [0.2, 0.25) is 0 Å². The maximum absolute atomic E-state index is 5.32. The quantitative estimate of drug-likeness (QED) is 0.179. The molecular formula is C57H36N2. The zero-order chi connectivity index (χ0) is 38.9. The minimum Gasteiger partial charge on any atom is -0.228 e. The van der Waals surface area contributed by atoms with E-state index < -0.39 is 5.41 Å². The van der Waals surface area contributed by atoms with Crippen molar-refractivity contribution in [3.63, 3.8) is 0 Å². The summed E-state index contributed by atoms with van der Waals surface area (Å²) >= 11 is 0. The van der Waals surface area contributed by atoms with Gasteiger partial charge in [-0.25, -0.2) is 9.97 Å². The number of aromatic nitrogens is 2. The zero-order valence-electron chi connectivity index (χ0n) is 32.2. The average molecular weight is 749 g/mol. The molecule has 2 aliphatic rings. The van der Waals surface area contributed by atoms with E-state index in [4.69, 9.17) is 9.97 Å². The highest BCUT2D eigenvalue weighted by Gasteiger charge is 2.49. The monoisotopic (exact) mass is 748 g/mol. The molecule has 0 aliphatic heterocycles. The molecule has 0 saturated carbocycles. The molecule has 0 saturated heterocycles. The van der Waals surface area contributed by atoms with Crippen molar-refractivity contribution in [2.45, 2.75) is 5.41 Å². The molecule has 0 amide bonds. The number of hydrogen-bond acceptors (Lipinski definition) is 2. The van der Waals surface area contributed by atoms with E-state index in [9.17, 15) is 0 Å². The fourth-order valence-electron chi connectivity index (χ4n) is 9.97. The van der Waals surface area contributed by atoms with Crippen LogP contribution in [0, 0.1) is 0 Å². The van der Waals surface area contributed by atoms with Crippen LogP contribution in [0.15, 0.2) is 218 Å². The first-order valence-electron chi connectivity index (χ1n) is 20.3. The van der Waals surface area contributed by atoms with Crippen LogP contribution >= 0.6 is 0 Å². The molecule has 2 nitrogen and oxygen atoms in total. The van der Waals surface area contributed by atoms with Crippen LogP contribution in [0.25, 0.3) is 89.2 Å². The number of nitrogens with zero attached hydrogens (tertiary/aromatic N) is 2. The van der Waals surface area contributed by atoms with Gasteiger partial charge in [0.15, 0.2) is 5.82 Å². The van der Waals surface area contributed by atoms with Gasteiger partial charge in [0, 0.05) is 16.7 Å². The van der Waals surface area contributed by atoms with Crippen molar-refractivity contribution in [3.8, 4) is 78.4 Å². The minimum absolute atomic E-state index is 0.519. The van der Waals surface area contributed by atoms with Crippen molar-refractivity contribution < 1.29 is 0 Å². The average Bonchev–Trinajstić information content (AvgIpc) is 3.56. The molecule has 9 aromatic carbocycles. The minimum atomic E-state index is -0.519. The van der Waals surface area contributed by atoms with Crippen LogP contribution in [0.5, 0.6) is 0 Å². The van der Waals surface area contributed by atoms with Gasteiger partial charge in [0.2, 0.25) is 0 Å². The third kappa shape index (κ3) is 5.06. The summed E-state index contributed by atoms with van der Waals surface area (Å²) in [5.74, 6) is 0.703. The van der Waals surface area contributed by atoms with Crippen LogP contribution < -0.4 is 0 Å². The molecular weight excluding hydrogens is 713 g/mol. The Bertz CT molecular complexity index is 3220. The SMILES string of the molecule is c1ccc(-c2nc(-c3ccc(-c4cccc5ccccc45)cc3)cc(-c3ccc4c(c3)-c3ccccc3-c3ccccc3C43c4ccccc4-c4ccccc43)n2)cc1. The van der Waals surface area contributed by atoms with E-state index in [2.05, 4.69) is 212 Å². The smallest absolute Gasteiger partial charge is 0.160 e. The van der Waals surface area contributed by atoms with Crippen LogP contribution in [0.3, 0.4) is 0 Å². The molecule has 12 rings (SSSR count). The van der Waals surface area contributed by atoms with Gasteiger partial charge in [-0.1, -0.05) is 206 Å². The second-order valence-electron chi connectivity index (χ2n) is 15.6. The molecule has 59 heavy (non-hydrogen) atoms. The summed E-state index contributed by atoms with van der Waals surface area (Å²) in [6.45, 7) is 0. The number of fused-ring (bicyclic) bond motifs is 13. The van der Waals surface area contributed by atoms with E-state index in [-0.39, 0.29) is 0 Å². The van der Waals surface area contributed by atoms with Crippen molar-refractivity contribution in [1.82, 2.24) is 9.97 Å². The Hall–Kier alpha value is -7.68. The first kappa shape index (κ1) is 33.5. The third-order valence-electron chi connectivity index (χ3n) is 12.5. The predicted molar refractivity (Wildman–Crippen MR) is 243 cm³/mol. The number of hydrogen-bond donors (Lipinski definition) is 0. The molecule has 0 fully saturated rings. The molecule has 0 N–H and O–H groups in total. The normalized spacial score (nSPS) is 12.9. The maximum Gasteiger partial charge on any atom is 0.160 e. The first-order chi connectivity index (χ1) is 29.3. The van der Waals surface area contributed by atoms with E-state index in [1.165, 1.54) is 77.5 Å². The van der Waals surface area contributed by atoms with E-state index in [0.29, 0.717) is 5.82 Å². The summed E-state index contributed by atoms with van der Waals surface area (Å²) in [6, 6.07) is 79.4. The molecule has 2 heteroatoms. The van der Waals surface area contributed by atoms with E-state index in [1.54, 1.807) is 0 Å². The molecule has 0 bridgehead atoms. The fourth-order valence-corrected chi connectivity index (χ4v) is 9.97. The number of benzene rings is 9. The largest absolute Gasteiger partial charge is 0.228 e. The molecule has 0 atom stereocenters. The highest BCUT2D eigenvalue weighted by molar-refractivity contribution is 5.99. The second kappa shape index (κ2) is 13.2. The Morgan fingerprint density at radius 1 is 0.271 bits per heavy atom. The Labute approximate surface area is 343 Å². The van der Waals surface area contributed by atoms with Gasteiger partial charge in [0.05, 0.1) is 16.8 Å². The Morgan fingerprint density at radius 2 is 0.729 bits per heavy atom. The van der Waals surface area contributed by atoms with Gasteiger partial charge in [0.25, 0.3) is 0 Å². The van der Waals surface area contributed by atoms with Gasteiger partial charge < -0.3 is 0 Å². The highest BCUT2D eigenvalue weighted by atomic mass is 14.9. The van der Waals surface area contributed by atoms with Crippen molar-refractivity contribution in [2.75, 3.05) is 0 Å². The fraction of sp³-hybridized carbons (Fsp3) is 0.0175. The van der Waals surface area contributed by atoms with E-state index in [1.807, 2.05) is 6.07 Å². The van der Waals surface area contributed by atoms with Gasteiger partial charge in [0.1, 0.15) is 0 Å². The molecule has 1 aromatic heterocycles. The number of rotatable bonds is 4. The lowest BCUT2D eigenvalue weighted by Crippen LogP contribution is -2.29. The van der Waals surface area contributed by atoms with Gasteiger partial charge >= 0.3 is 0 Å². The van der Waals surface area contributed by atoms with Gasteiger partial charge in [-0.2, -0.15) is 0 Å².